The fourth-order valence-electron chi connectivity index (χ4n) is 5.74. The maximum absolute atomic E-state index is 12.8. The minimum absolute atomic E-state index is 0. The van der Waals surface area contributed by atoms with Gasteiger partial charge in [-0.15, -0.1) is 38.0 Å². The SMILES string of the molecule is COc1cccc(NC2CCN(Cc3ccc4c(c3)c(-c3ccc(OC(F)(F)F)cc3CN)cn4CCCN)CC2)c1.Cl.Cl. The Balaban J connectivity index is 0.00000264. The maximum Gasteiger partial charge on any atom is 0.573 e. The van der Waals surface area contributed by atoms with E-state index in [0.29, 0.717) is 18.2 Å². The lowest BCUT2D eigenvalue weighted by atomic mass is 9.97. The zero-order valence-electron chi connectivity index (χ0n) is 24.6. The highest BCUT2D eigenvalue weighted by Crippen LogP contribution is 2.36. The zero-order valence-corrected chi connectivity index (χ0v) is 26.2. The number of ether oxygens (including phenoxy) is 2. The van der Waals surface area contributed by atoms with Crippen molar-refractivity contribution in [1.29, 1.82) is 0 Å². The van der Waals surface area contributed by atoms with Gasteiger partial charge in [0.05, 0.1) is 7.11 Å². The van der Waals surface area contributed by atoms with Gasteiger partial charge >= 0.3 is 6.36 Å². The molecule has 1 aliphatic rings. The van der Waals surface area contributed by atoms with E-state index in [1.807, 2.05) is 18.2 Å². The molecule has 3 aromatic carbocycles. The van der Waals surface area contributed by atoms with E-state index < -0.39 is 6.36 Å². The Morgan fingerprint density at radius 1 is 0.932 bits per heavy atom. The summed E-state index contributed by atoms with van der Waals surface area (Å²) in [5, 5.41) is 4.68. The van der Waals surface area contributed by atoms with Crippen LogP contribution in [0.4, 0.5) is 18.9 Å². The lowest BCUT2D eigenvalue weighted by Gasteiger charge is -2.33. The molecule has 0 bridgehead atoms. The molecule has 0 aliphatic carbocycles. The molecule has 0 atom stereocenters. The van der Waals surface area contributed by atoms with Gasteiger partial charge < -0.3 is 30.8 Å². The Morgan fingerprint density at radius 3 is 2.39 bits per heavy atom. The molecule has 0 spiro atoms. The fourth-order valence-corrected chi connectivity index (χ4v) is 5.74. The average Bonchev–Trinajstić information content (AvgIpc) is 3.33. The molecule has 0 unspecified atom stereocenters. The molecule has 2 heterocycles. The number of nitrogens with two attached hydrogens (primary N) is 2. The summed E-state index contributed by atoms with van der Waals surface area (Å²) in [5.41, 5.74) is 17.4. The summed E-state index contributed by atoms with van der Waals surface area (Å²) >= 11 is 0. The standard InChI is InChI=1S/C32H38F3N5O2.2ClH/c1-41-26-5-2-4-25(18-26)38-24-10-14-39(15-11-24)20-22-6-9-31-29(16-22)30(21-40(31)13-3-12-36)28-8-7-27(17-23(28)19-37)42-32(33,34)35;;/h2,4-9,16-18,21,24,38H,3,10-15,19-20,36-37H2,1H3;2*1H. The van der Waals surface area contributed by atoms with Crippen molar-refractivity contribution in [1.82, 2.24) is 9.47 Å². The first kappa shape index (κ1) is 35.3. The van der Waals surface area contributed by atoms with E-state index in [9.17, 15) is 13.2 Å². The third-order valence-corrected chi connectivity index (χ3v) is 7.80. The van der Waals surface area contributed by atoms with E-state index in [1.54, 1.807) is 13.2 Å². The van der Waals surface area contributed by atoms with Crippen LogP contribution >= 0.6 is 24.8 Å². The number of nitrogens with one attached hydrogen (secondary N) is 1. The summed E-state index contributed by atoms with van der Waals surface area (Å²) in [6, 6.07) is 19.3. The van der Waals surface area contributed by atoms with Crippen LogP contribution < -0.4 is 26.3 Å². The van der Waals surface area contributed by atoms with Gasteiger partial charge in [0.2, 0.25) is 0 Å². The van der Waals surface area contributed by atoms with E-state index in [0.717, 1.165) is 78.9 Å². The number of benzene rings is 3. The third kappa shape index (κ3) is 8.73. The second kappa shape index (κ2) is 15.7. The molecule has 5 N–H and O–H groups in total. The quantitative estimate of drug-likeness (QED) is 0.162. The van der Waals surface area contributed by atoms with Crippen molar-refractivity contribution in [2.45, 2.75) is 51.3 Å². The van der Waals surface area contributed by atoms with Crippen molar-refractivity contribution >= 4 is 41.4 Å². The molecule has 1 saturated heterocycles. The highest BCUT2D eigenvalue weighted by atomic mass is 35.5. The van der Waals surface area contributed by atoms with Crippen LogP contribution in [0.5, 0.6) is 11.5 Å². The minimum atomic E-state index is -4.76. The first-order valence-corrected chi connectivity index (χ1v) is 14.3. The molecule has 240 valence electrons. The number of hydrogen-bond acceptors (Lipinski definition) is 6. The van der Waals surface area contributed by atoms with Gasteiger partial charge in [-0.05, 0) is 78.9 Å². The first-order valence-electron chi connectivity index (χ1n) is 14.3. The van der Waals surface area contributed by atoms with Gasteiger partial charge in [-0.1, -0.05) is 18.2 Å². The number of fused-ring (bicyclic) bond motifs is 1. The molecular weight excluding hydrogens is 614 g/mol. The summed E-state index contributed by atoms with van der Waals surface area (Å²) in [7, 11) is 1.67. The van der Waals surface area contributed by atoms with Crippen LogP contribution in [0.15, 0.2) is 66.9 Å². The van der Waals surface area contributed by atoms with Gasteiger partial charge in [0.25, 0.3) is 0 Å². The monoisotopic (exact) mass is 653 g/mol. The number of nitrogens with zero attached hydrogens (tertiary/aromatic N) is 2. The molecule has 5 rings (SSSR count). The van der Waals surface area contributed by atoms with E-state index in [1.165, 1.54) is 17.7 Å². The number of aryl methyl sites for hydroxylation is 1. The summed E-state index contributed by atoms with van der Waals surface area (Å²) in [6.45, 7) is 4.15. The number of rotatable bonds is 11. The molecule has 1 aliphatic heterocycles. The minimum Gasteiger partial charge on any atom is -0.497 e. The van der Waals surface area contributed by atoms with Crippen LogP contribution in [0.2, 0.25) is 0 Å². The Labute approximate surface area is 268 Å². The van der Waals surface area contributed by atoms with Crippen molar-refractivity contribution < 1.29 is 22.6 Å². The Morgan fingerprint density at radius 2 is 1.70 bits per heavy atom. The molecule has 44 heavy (non-hydrogen) atoms. The van der Waals surface area contributed by atoms with Crippen LogP contribution in [0.1, 0.15) is 30.4 Å². The smallest absolute Gasteiger partial charge is 0.497 e. The van der Waals surface area contributed by atoms with Crippen molar-refractivity contribution in [2.24, 2.45) is 11.5 Å². The van der Waals surface area contributed by atoms with E-state index in [4.69, 9.17) is 16.2 Å². The fraction of sp³-hybridized carbons (Fsp3) is 0.375. The first-order chi connectivity index (χ1) is 20.3. The van der Waals surface area contributed by atoms with Gasteiger partial charge in [0.15, 0.2) is 0 Å². The van der Waals surface area contributed by atoms with Gasteiger partial charge in [-0.2, -0.15) is 0 Å². The third-order valence-electron chi connectivity index (χ3n) is 7.80. The molecule has 4 aromatic rings. The number of methoxy groups -OCH3 is 1. The number of aromatic nitrogens is 1. The molecule has 0 radical (unpaired) electrons. The molecule has 7 nitrogen and oxygen atoms in total. The second-order valence-electron chi connectivity index (χ2n) is 10.7. The highest BCUT2D eigenvalue weighted by Gasteiger charge is 2.31. The molecular formula is C32H40Cl2F3N5O2. The van der Waals surface area contributed by atoms with Crippen LogP contribution in [-0.2, 0) is 19.6 Å². The van der Waals surface area contributed by atoms with Crippen molar-refractivity contribution in [2.75, 3.05) is 32.1 Å². The topological polar surface area (TPSA) is 90.7 Å². The molecule has 0 amide bonds. The number of hydrogen-bond donors (Lipinski definition) is 3. The summed E-state index contributed by atoms with van der Waals surface area (Å²) < 4.78 is 50.2. The van der Waals surface area contributed by atoms with E-state index in [-0.39, 0.29) is 37.1 Å². The van der Waals surface area contributed by atoms with Crippen molar-refractivity contribution in [3.05, 3.63) is 78.0 Å². The zero-order chi connectivity index (χ0) is 29.7. The average molecular weight is 655 g/mol. The predicted molar refractivity (Wildman–Crippen MR) is 175 cm³/mol. The summed E-state index contributed by atoms with van der Waals surface area (Å²) in [6.07, 6.45) is 0.170. The van der Waals surface area contributed by atoms with Gasteiger partial charge in [0.1, 0.15) is 11.5 Å². The molecule has 0 saturated carbocycles. The Hall–Kier alpha value is -3.15. The van der Waals surface area contributed by atoms with E-state index >= 15 is 0 Å². The van der Waals surface area contributed by atoms with Gasteiger partial charge in [0, 0.05) is 73.2 Å². The highest BCUT2D eigenvalue weighted by molar-refractivity contribution is 5.97. The van der Waals surface area contributed by atoms with Crippen LogP contribution in [0, 0.1) is 0 Å². The molecule has 1 aromatic heterocycles. The van der Waals surface area contributed by atoms with Gasteiger partial charge in [-0.3, -0.25) is 4.90 Å². The van der Waals surface area contributed by atoms with Crippen molar-refractivity contribution in [3.8, 4) is 22.6 Å². The number of likely N-dealkylation sites (tertiary alicyclic amines) is 1. The van der Waals surface area contributed by atoms with Crippen LogP contribution in [0.3, 0.4) is 0 Å². The maximum atomic E-state index is 12.8. The lowest BCUT2D eigenvalue weighted by Crippen LogP contribution is -2.38. The molecule has 12 heteroatoms. The largest absolute Gasteiger partial charge is 0.573 e. The van der Waals surface area contributed by atoms with E-state index in [2.05, 4.69) is 50.0 Å². The number of piperidine rings is 1. The second-order valence-corrected chi connectivity index (χ2v) is 10.7. The number of anilines is 1. The van der Waals surface area contributed by atoms with Crippen molar-refractivity contribution in [3.63, 3.8) is 0 Å². The predicted octanol–water partition coefficient (Wildman–Crippen LogP) is 6.94. The number of halogens is 5. The van der Waals surface area contributed by atoms with Gasteiger partial charge in [-0.25, -0.2) is 0 Å². The summed E-state index contributed by atoms with van der Waals surface area (Å²) in [5.74, 6) is 0.566. The van der Waals surface area contributed by atoms with Crippen LogP contribution in [0.25, 0.3) is 22.0 Å². The lowest BCUT2D eigenvalue weighted by molar-refractivity contribution is -0.274. The Bertz CT molecular complexity index is 1510. The number of alkyl halides is 3. The normalized spacial score (nSPS) is 14.1. The Kier molecular flexibility index (Phi) is 12.6. The molecule has 1 fully saturated rings. The van der Waals surface area contributed by atoms with Crippen LogP contribution in [-0.4, -0.2) is 48.6 Å². The summed E-state index contributed by atoms with van der Waals surface area (Å²) in [4.78, 5) is 2.46.